The van der Waals surface area contributed by atoms with Crippen LogP contribution >= 0.6 is 0 Å². The lowest BCUT2D eigenvalue weighted by atomic mass is 10.0. The van der Waals surface area contributed by atoms with Crippen LogP contribution in [0.4, 0.5) is 0 Å². The molecule has 0 aromatic heterocycles. The zero-order valence-electron chi connectivity index (χ0n) is 17.7. The number of nitrogens with zero attached hydrogens (tertiary/aromatic N) is 2. The summed E-state index contributed by atoms with van der Waals surface area (Å²) < 4.78 is 5.24. The van der Waals surface area contributed by atoms with Gasteiger partial charge in [0.15, 0.2) is 0 Å². The highest BCUT2D eigenvalue weighted by Crippen LogP contribution is 2.41. The van der Waals surface area contributed by atoms with Gasteiger partial charge in [0.2, 0.25) is 11.8 Å². The fourth-order valence-electron chi connectivity index (χ4n) is 3.77. The quantitative estimate of drug-likeness (QED) is 0.619. The summed E-state index contributed by atoms with van der Waals surface area (Å²) in [4.78, 5) is 28.9. The Morgan fingerprint density at radius 3 is 2.14 bits per heavy atom. The molecule has 1 aromatic rings. The minimum Gasteiger partial charge on any atom is -0.497 e. The number of benzene rings is 1. The molecule has 1 aliphatic heterocycles. The summed E-state index contributed by atoms with van der Waals surface area (Å²) in [7, 11) is 1.66. The van der Waals surface area contributed by atoms with E-state index in [4.69, 9.17) is 4.74 Å². The summed E-state index contributed by atoms with van der Waals surface area (Å²) in [5, 5.41) is 6.17. The van der Waals surface area contributed by atoms with E-state index in [9.17, 15) is 9.59 Å². The van der Waals surface area contributed by atoms with Gasteiger partial charge in [0.05, 0.1) is 26.2 Å². The minimum atomic E-state index is 0.0758. The summed E-state index contributed by atoms with van der Waals surface area (Å²) in [6.45, 7) is 6.89. The van der Waals surface area contributed by atoms with Gasteiger partial charge in [0.25, 0.3) is 0 Å². The molecule has 7 heteroatoms. The smallest absolute Gasteiger partial charge is 0.234 e. The van der Waals surface area contributed by atoms with Crippen molar-refractivity contribution in [2.75, 3.05) is 52.9 Å². The molecule has 1 atom stereocenters. The van der Waals surface area contributed by atoms with E-state index in [1.165, 1.54) is 0 Å². The van der Waals surface area contributed by atoms with E-state index in [-0.39, 0.29) is 17.9 Å². The van der Waals surface area contributed by atoms with Gasteiger partial charge >= 0.3 is 0 Å². The average Bonchev–Trinajstić information content (AvgIpc) is 3.57. The Morgan fingerprint density at radius 1 is 1.03 bits per heavy atom. The Hall–Kier alpha value is -2.12. The first-order valence-electron chi connectivity index (χ1n) is 10.7. The first-order valence-corrected chi connectivity index (χ1v) is 10.7. The summed E-state index contributed by atoms with van der Waals surface area (Å²) in [5.41, 5.74) is 1.14. The van der Waals surface area contributed by atoms with E-state index in [0.717, 1.165) is 63.3 Å². The third-order valence-corrected chi connectivity index (χ3v) is 5.66. The largest absolute Gasteiger partial charge is 0.497 e. The number of amides is 2. The maximum absolute atomic E-state index is 12.7. The Labute approximate surface area is 173 Å². The molecule has 1 heterocycles. The first kappa shape index (κ1) is 21.6. The molecule has 3 rings (SSSR count). The van der Waals surface area contributed by atoms with Crippen molar-refractivity contribution < 1.29 is 14.3 Å². The highest BCUT2D eigenvalue weighted by molar-refractivity contribution is 5.79. The van der Waals surface area contributed by atoms with E-state index in [0.29, 0.717) is 19.0 Å². The number of hydrogen-bond donors (Lipinski definition) is 2. The van der Waals surface area contributed by atoms with E-state index in [1.54, 1.807) is 7.11 Å². The maximum Gasteiger partial charge on any atom is 0.234 e. The van der Waals surface area contributed by atoms with E-state index >= 15 is 0 Å². The zero-order valence-corrected chi connectivity index (χ0v) is 17.7. The number of methoxy groups -OCH3 is 1. The normalized spacial score (nSPS) is 18.8. The first-order chi connectivity index (χ1) is 14.1. The van der Waals surface area contributed by atoms with E-state index < -0.39 is 0 Å². The summed E-state index contributed by atoms with van der Waals surface area (Å²) in [5.74, 6) is 1.53. The van der Waals surface area contributed by atoms with Gasteiger partial charge in [-0.25, -0.2) is 0 Å². The predicted molar refractivity (Wildman–Crippen MR) is 113 cm³/mol. The molecule has 1 aliphatic carbocycles. The molecule has 7 nitrogen and oxygen atoms in total. The standard InChI is InChI=1S/C22H34N4O3/c1-3-10-23-20(27)15-25-11-13-26(14-12-25)16-21(28)24-22(17-4-5-17)18-6-8-19(29-2)9-7-18/h6-9,17,22H,3-5,10-16H2,1-2H3,(H,23,27)(H,24,28). The Bertz CT molecular complexity index is 667. The summed E-state index contributed by atoms with van der Waals surface area (Å²) >= 11 is 0. The van der Waals surface area contributed by atoms with Crippen LogP contribution < -0.4 is 15.4 Å². The molecule has 1 saturated heterocycles. The number of rotatable bonds is 10. The van der Waals surface area contributed by atoms with Crippen LogP contribution in [-0.4, -0.2) is 74.5 Å². The molecule has 2 aliphatic rings. The Morgan fingerprint density at radius 2 is 1.62 bits per heavy atom. The molecule has 1 aromatic carbocycles. The third kappa shape index (κ3) is 6.72. The van der Waals surface area contributed by atoms with Crippen LogP contribution in [0.15, 0.2) is 24.3 Å². The monoisotopic (exact) mass is 402 g/mol. The van der Waals surface area contributed by atoms with Gasteiger partial charge in [-0.05, 0) is 42.9 Å². The Balaban J connectivity index is 1.43. The van der Waals surface area contributed by atoms with Crippen molar-refractivity contribution in [3.63, 3.8) is 0 Å². The molecule has 2 N–H and O–H groups in total. The molecule has 2 fully saturated rings. The van der Waals surface area contributed by atoms with E-state index in [1.807, 2.05) is 31.2 Å². The topological polar surface area (TPSA) is 73.9 Å². The average molecular weight is 403 g/mol. The van der Waals surface area contributed by atoms with Crippen molar-refractivity contribution >= 4 is 11.8 Å². The van der Waals surface area contributed by atoms with Gasteiger partial charge < -0.3 is 15.4 Å². The Kier molecular flexibility index (Phi) is 7.89. The summed E-state index contributed by atoms with van der Waals surface area (Å²) in [6.07, 6.45) is 3.28. The van der Waals surface area contributed by atoms with Gasteiger partial charge in [0.1, 0.15) is 5.75 Å². The number of carbonyl (C=O) groups is 2. The van der Waals surface area contributed by atoms with Crippen LogP contribution in [0, 0.1) is 5.92 Å². The number of piperazine rings is 1. The maximum atomic E-state index is 12.7. The number of nitrogens with one attached hydrogen (secondary N) is 2. The van der Waals surface area contributed by atoms with Gasteiger partial charge in [-0.15, -0.1) is 0 Å². The lowest BCUT2D eigenvalue weighted by molar-refractivity contribution is -0.125. The second-order valence-corrected chi connectivity index (χ2v) is 8.06. The van der Waals surface area contributed by atoms with Crippen LogP contribution in [0.25, 0.3) is 0 Å². The van der Waals surface area contributed by atoms with Crippen LogP contribution in [-0.2, 0) is 9.59 Å². The van der Waals surface area contributed by atoms with Gasteiger partial charge in [-0.2, -0.15) is 0 Å². The molecular formula is C22H34N4O3. The van der Waals surface area contributed by atoms with Crippen LogP contribution in [0.3, 0.4) is 0 Å². The van der Waals surface area contributed by atoms with Crippen molar-refractivity contribution in [1.29, 1.82) is 0 Å². The highest BCUT2D eigenvalue weighted by atomic mass is 16.5. The summed E-state index contributed by atoms with van der Waals surface area (Å²) in [6, 6.07) is 8.07. The molecule has 29 heavy (non-hydrogen) atoms. The molecule has 160 valence electrons. The van der Waals surface area contributed by atoms with Crippen LogP contribution in [0.5, 0.6) is 5.75 Å². The molecule has 2 amide bonds. The van der Waals surface area contributed by atoms with E-state index in [2.05, 4.69) is 20.4 Å². The number of hydrogen-bond acceptors (Lipinski definition) is 5. The third-order valence-electron chi connectivity index (χ3n) is 5.66. The second-order valence-electron chi connectivity index (χ2n) is 8.06. The highest BCUT2D eigenvalue weighted by Gasteiger charge is 2.33. The molecule has 1 saturated carbocycles. The van der Waals surface area contributed by atoms with Crippen molar-refractivity contribution in [2.24, 2.45) is 5.92 Å². The second kappa shape index (κ2) is 10.6. The van der Waals surface area contributed by atoms with Gasteiger partial charge in [0, 0.05) is 32.7 Å². The molecular weight excluding hydrogens is 368 g/mol. The number of carbonyl (C=O) groups excluding carboxylic acids is 2. The van der Waals surface area contributed by atoms with Crippen molar-refractivity contribution in [1.82, 2.24) is 20.4 Å². The zero-order chi connectivity index (χ0) is 20.6. The van der Waals surface area contributed by atoms with Gasteiger partial charge in [-0.3, -0.25) is 19.4 Å². The SMILES string of the molecule is CCCNC(=O)CN1CCN(CC(=O)NC(c2ccc(OC)cc2)C2CC2)CC1. The lowest BCUT2D eigenvalue weighted by Crippen LogP contribution is -2.51. The minimum absolute atomic E-state index is 0.0758. The fourth-order valence-corrected chi connectivity index (χ4v) is 3.77. The van der Waals surface area contributed by atoms with Crippen molar-refractivity contribution in [3.8, 4) is 5.75 Å². The predicted octanol–water partition coefficient (Wildman–Crippen LogP) is 1.41. The molecule has 0 spiro atoms. The number of ether oxygens (including phenoxy) is 1. The van der Waals surface area contributed by atoms with Crippen molar-refractivity contribution in [3.05, 3.63) is 29.8 Å². The molecule has 0 bridgehead atoms. The van der Waals surface area contributed by atoms with Crippen molar-refractivity contribution in [2.45, 2.75) is 32.2 Å². The van der Waals surface area contributed by atoms with Crippen LogP contribution in [0.2, 0.25) is 0 Å². The fraction of sp³-hybridized carbons (Fsp3) is 0.636. The lowest BCUT2D eigenvalue weighted by Gasteiger charge is -2.34. The van der Waals surface area contributed by atoms with Gasteiger partial charge in [-0.1, -0.05) is 19.1 Å². The molecule has 1 unspecified atom stereocenters. The molecule has 0 radical (unpaired) electrons. The van der Waals surface area contributed by atoms with Crippen LogP contribution in [0.1, 0.15) is 37.8 Å².